The Labute approximate surface area is 167 Å². The van der Waals surface area contributed by atoms with Crippen molar-refractivity contribution in [2.45, 2.75) is 37.5 Å². The van der Waals surface area contributed by atoms with E-state index >= 15 is 0 Å². The molecule has 2 aromatic carbocycles. The average Bonchev–Trinajstić information content (AvgIpc) is 2.99. The number of thioether (sulfide) groups is 1. The second-order valence-corrected chi connectivity index (χ2v) is 8.97. The van der Waals surface area contributed by atoms with E-state index in [2.05, 4.69) is 35.5 Å². The van der Waals surface area contributed by atoms with Crippen molar-refractivity contribution in [1.82, 2.24) is 4.57 Å². The summed E-state index contributed by atoms with van der Waals surface area (Å²) in [4.78, 5) is 19.0. The van der Waals surface area contributed by atoms with E-state index in [-0.39, 0.29) is 5.91 Å². The van der Waals surface area contributed by atoms with Gasteiger partial charge in [-0.2, -0.15) is 4.99 Å². The Morgan fingerprint density at radius 1 is 1.19 bits per heavy atom. The molecule has 0 aliphatic heterocycles. The second kappa shape index (κ2) is 9.35. The zero-order chi connectivity index (χ0) is 19.2. The Hall–Kier alpha value is -1.89. The molecule has 3 aromatic rings. The van der Waals surface area contributed by atoms with Gasteiger partial charge >= 0.3 is 0 Å². The summed E-state index contributed by atoms with van der Waals surface area (Å²) in [5.74, 6) is -0.215. The lowest BCUT2D eigenvalue weighted by Gasteiger charge is -2.06. The zero-order valence-electron chi connectivity index (χ0n) is 15.8. The quantitative estimate of drug-likeness (QED) is 0.415. The summed E-state index contributed by atoms with van der Waals surface area (Å²) in [6.07, 6.45) is 0. The van der Waals surface area contributed by atoms with Gasteiger partial charge in [0.15, 0.2) is 4.80 Å². The molecular weight excluding hydrogens is 376 g/mol. The van der Waals surface area contributed by atoms with E-state index < -0.39 is 0 Å². The highest BCUT2D eigenvalue weighted by Crippen LogP contribution is 2.23. The van der Waals surface area contributed by atoms with Crippen LogP contribution in [0.3, 0.4) is 0 Å². The molecule has 0 saturated carbocycles. The summed E-state index contributed by atoms with van der Waals surface area (Å²) in [6.45, 7) is 8.23. The SMILES string of the molecule is CCOCCn1c(=NC(=O)c2ccc(SC(C)C)cc2)sc2ccccc21. The number of carbonyl (C=O) groups excluding carboxylic acids is 1. The summed E-state index contributed by atoms with van der Waals surface area (Å²) in [7, 11) is 0. The van der Waals surface area contributed by atoms with Crippen molar-refractivity contribution in [3.63, 3.8) is 0 Å². The Kier molecular flexibility index (Phi) is 6.88. The highest BCUT2D eigenvalue weighted by molar-refractivity contribution is 7.99. The van der Waals surface area contributed by atoms with E-state index in [1.54, 1.807) is 11.8 Å². The van der Waals surface area contributed by atoms with Gasteiger partial charge in [0.25, 0.3) is 5.91 Å². The van der Waals surface area contributed by atoms with E-state index in [4.69, 9.17) is 4.74 Å². The van der Waals surface area contributed by atoms with Crippen LogP contribution in [-0.2, 0) is 11.3 Å². The molecule has 4 nitrogen and oxygen atoms in total. The first-order valence-corrected chi connectivity index (χ1v) is 10.8. The van der Waals surface area contributed by atoms with E-state index in [9.17, 15) is 4.79 Å². The van der Waals surface area contributed by atoms with Crippen molar-refractivity contribution in [3.8, 4) is 0 Å². The predicted octanol–water partition coefficient (Wildman–Crippen LogP) is 4.98. The highest BCUT2D eigenvalue weighted by atomic mass is 32.2. The normalized spacial score (nSPS) is 12.2. The van der Waals surface area contributed by atoms with Gasteiger partial charge in [-0.25, -0.2) is 0 Å². The lowest BCUT2D eigenvalue weighted by atomic mass is 10.2. The van der Waals surface area contributed by atoms with Crippen LogP contribution < -0.4 is 4.80 Å². The van der Waals surface area contributed by atoms with Crippen LogP contribution >= 0.6 is 23.1 Å². The maximum atomic E-state index is 12.7. The molecule has 0 spiro atoms. The number of ether oxygens (including phenoxy) is 1. The molecule has 1 aromatic heterocycles. The fraction of sp³-hybridized carbons (Fsp3) is 0.333. The molecule has 6 heteroatoms. The van der Waals surface area contributed by atoms with Crippen molar-refractivity contribution < 1.29 is 9.53 Å². The summed E-state index contributed by atoms with van der Waals surface area (Å²) in [5.41, 5.74) is 1.69. The first-order valence-electron chi connectivity index (χ1n) is 9.10. The summed E-state index contributed by atoms with van der Waals surface area (Å²) in [6, 6.07) is 15.8. The van der Waals surface area contributed by atoms with Gasteiger partial charge in [-0.1, -0.05) is 37.3 Å². The zero-order valence-corrected chi connectivity index (χ0v) is 17.5. The van der Waals surface area contributed by atoms with Crippen molar-refractivity contribution in [2.75, 3.05) is 13.2 Å². The molecule has 3 rings (SSSR count). The van der Waals surface area contributed by atoms with E-state index in [0.29, 0.717) is 35.4 Å². The molecule has 0 bridgehead atoms. The maximum absolute atomic E-state index is 12.7. The Balaban J connectivity index is 1.92. The van der Waals surface area contributed by atoms with Crippen LogP contribution in [0.4, 0.5) is 0 Å². The molecule has 0 N–H and O–H groups in total. The Morgan fingerprint density at radius 3 is 2.63 bits per heavy atom. The number of fused-ring (bicyclic) bond motifs is 1. The van der Waals surface area contributed by atoms with Crippen molar-refractivity contribution in [3.05, 3.63) is 58.9 Å². The lowest BCUT2D eigenvalue weighted by Crippen LogP contribution is -2.19. The van der Waals surface area contributed by atoms with Crippen molar-refractivity contribution >= 4 is 39.2 Å². The van der Waals surface area contributed by atoms with Crippen LogP contribution in [0, 0.1) is 0 Å². The molecule has 142 valence electrons. The molecule has 0 radical (unpaired) electrons. The molecule has 1 amide bonds. The van der Waals surface area contributed by atoms with Gasteiger partial charge in [-0.15, -0.1) is 11.8 Å². The predicted molar refractivity (Wildman–Crippen MR) is 114 cm³/mol. The van der Waals surface area contributed by atoms with Crippen molar-refractivity contribution in [1.29, 1.82) is 0 Å². The number of amides is 1. The maximum Gasteiger partial charge on any atom is 0.279 e. The highest BCUT2D eigenvalue weighted by Gasteiger charge is 2.09. The minimum absolute atomic E-state index is 0.215. The van der Waals surface area contributed by atoms with Gasteiger partial charge in [-0.3, -0.25) is 4.79 Å². The van der Waals surface area contributed by atoms with E-state index in [0.717, 1.165) is 15.1 Å². The number of carbonyl (C=O) groups is 1. The van der Waals surface area contributed by atoms with Gasteiger partial charge in [0, 0.05) is 28.9 Å². The fourth-order valence-corrected chi connectivity index (χ4v) is 4.61. The van der Waals surface area contributed by atoms with E-state index in [1.807, 2.05) is 43.3 Å². The third-order valence-corrected chi connectivity index (χ3v) is 6.00. The van der Waals surface area contributed by atoms with Gasteiger partial charge in [0.2, 0.25) is 0 Å². The number of hydrogen-bond donors (Lipinski definition) is 0. The number of benzene rings is 2. The van der Waals surface area contributed by atoms with Crippen LogP contribution in [0.25, 0.3) is 10.2 Å². The minimum Gasteiger partial charge on any atom is -0.380 e. The largest absolute Gasteiger partial charge is 0.380 e. The number of aromatic nitrogens is 1. The number of rotatable bonds is 7. The monoisotopic (exact) mass is 400 g/mol. The van der Waals surface area contributed by atoms with Crippen LogP contribution in [-0.4, -0.2) is 28.9 Å². The third-order valence-electron chi connectivity index (χ3n) is 3.92. The topological polar surface area (TPSA) is 43.6 Å². The fourth-order valence-electron chi connectivity index (χ4n) is 2.72. The molecule has 27 heavy (non-hydrogen) atoms. The summed E-state index contributed by atoms with van der Waals surface area (Å²) in [5, 5.41) is 0.513. The van der Waals surface area contributed by atoms with Gasteiger partial charge in [0.1, 0.15) is 0 Å². The number of nitrogens with zero attached hydrogens (tertiary/aromatic N) is 2. The molecule has 0 fully saturated rings. The third kappa shape index (κ3) is 5.09. The molecule has 0 aliphatic rings. The van der Waals surface area contributed by atoms with Gasteiger partial charge in [0.05, 0.1) is 16.8 Å². The molecular formula is C21H24N2O2S2. The molecule has 0 aliphatic carbocycles. The summed E-state index contributed by atoms with van der Waals surface area (Å²) >= 11 is 3.31. The van der Waals surface area contributed by atoms with Crippen LogP contribution in [0.2, 0.25) is 0 Å². The number of para-hydroxylation sites is 1. The molecule has 0 unspecified atom stereocenters. The minimum atomic E-state index is -0.215. The summed E-state index contributed by atoms with van der Waals surface area (Å²) < 4.78 is 8.68. The standard InChI is InChI=1S/C21H24N2O2S2/c1-4-25-14-13-23-18-7-5-6-8-19(18)27-21(23)22-20(24)16-9-11-17(12-10-16)26-15(2)3/h5-12,15H,4,13-14H2,1-3H3. The molecule has 0 saturated heterocycles. The van der Waals surface area contributed by atoms with Crippen LogP contribution in [0.15, 0.2) is 58.4 Å². The van der Waals surface area contributed by atoms with Gasteiger partial charge in [-0.05, 0) is 43.3 Å². The number of thiazole rings is 1. The van der Waals surface area contributed by atoms with Crippen LogP contribution in [0.1, 0.15) is 31.1 Å². The number of hydrogen-bond acceptors (Lipinski definition) is 4. The van der Waals surface area contributed by atoms with Crippen LogP contribution in [0.5, 0.6) is 0 Å². The smallest absolute Gasteiger partial charge is 0.279 e. The molecule has 1 heterocycles. The average molecular weight is 401 g/mol. The Morgan fingerprint density at radius 2 is 1.93 bits per heavy atom. The first-order chi connectivity index (χ1) is 13.1. The molecule has 0 atom stereocenters. The lowest BCUT2D eigenvalue weighted by molar-refractivity contribution is 0.0996. The second-order valence-electron chi connectivity index (χ2n) is 6.31. The van der Waals surface area contributed by atoms with Crippen molar-refractivity contribution in [2.24, 2.45) is 4.99 Å². The van der Waals surface area contributed by atoms with E-state index in [1.165, 1.54) is 11.3 Å². The first kappa shape index (κ1) is 19.9. The Bertz CT molecular complexity index is 972. The van der Waals surface area contributed by atoms with Gasteiger partial charge < -0.3 is 9.30 Å².